The molecule has 8 heteroatoms. The van der Waals surface area contributed by atoms with Gasteiger partial charge < -0.3 is 9.30 Å². The van der Waals surface area contributed by atoms with Crippen molar-refractivity contribution >= 4 is 40.9 Å². The SMILES string of the molecule is COc1ccccc1N1C(=O)/C(=C\c2cc(C)n(-c3ccncc3)c2C)C(=O)NC1=S. The molecule has 31 heavy (non-hydrogen) atoms. The van der Waals surface area contributed by atoms with Crippen LogP contribution in [0.15, 0.2) is 60.4 Å². The number of thiocarbonyl (C=S) groups is 1. The van der Waals surface area contributed by atoms with Crippen LogP contribution in [0, 0.1) is 13.8 Å². The highest BCUT2D eigenvalue weighted by Crippen LogP contribution is 2.31. The van der Waals surface area contributed by atoms with Crippen molar-refractivity contribution in [2.75, 3.05) is 12.0 Å². The molecule has 1 N–H and O–H groups in total. The molecule has 4 rings (SSSR count). The van der Waals surface area contributed by atoms with Gasteiger partial charge in [-0.1, -0.05) is 12.1 Å². The van der Waals surface area contributed by atoms with E-state index in [1.807, 2.05) is 36.6 Å². The number of amides is 2. The lowest BCUT2D eigenvalue weighted by atomic mass is 10.1. The van der Waals surface area contributed by atoms with Gasteiger partial charge in [0.15, 0.2) is 5.11 Å². The van der Waals surface area contributed by atoms with Crippen LogP contribution in [0.4, 0.5) is 5.69 Å². The van der Waals surface area contributed by atoms with Gasteiger partial charge in [-0.2, -0.15) is 0 Å². The number of aromatic nitrogens is 2. The van der Waals surface area contributed by atoms with Crippen molar-refractivity contribution in [2.45, 2.75) is 13.8 Å². The normalized spacial score (nSPS) is 15.4. The third-order valence-electron chi connectivity index (χ3n) is 5.12. The van der Waals surface area contributed by atoms with E-state index in [0.29, 0.717) is 11.4 Å². The molecule has 1 aliphatic rings. The van der Waals surface area contributed by atoms with Gasteiger partial charge in [-0.25, -0.2) is 4.90 Å². The van der Waals surface area contributed by atoms with Crippen LogP contribution in [0.25, 0.3) is 11.8 Å². The molecule has 7 nitrogen and oxygen atoms in total. The molecule has 0 radical (unpaired) electrons. The number of anilines is 1. The van der Waals surface area contributed by atoms with Crippen molar-refractivity contribution in [1.29, 1.82) is 0 Å². The highest BCUT2D eigenvalue weighted by molar-refractivity contribution is 7.80. The second kappa shape index (κ2) is 8.16. The van der Waals surface area contributed by atoms with Crippen LogP contribution in [0.3, 0.4) is 0 Å². The third-order valence-corrected chi connectivity index (χ3v) is 5.40. The Morgan fingerprint density at radius 1 is 1.10 bits per heavy atom. The topological polar surface area (TPSA) is 76.5 Å². The molecule has 0 unspecified atom stereocenters. The number of nitrogens with one attached hydrogen (secondary N) is 1. The molecule has 1 saturated heterocycles. The summed E-state index contributed by atoms with van der Waals surface area (Å²) in [6, 6.07) is 12.7. The number of methoxy groups -OCH3 is 1. The quantitative estimate of drug-likeness (QED) is 0.389. The molecular weight excluding hydrogens is 412 g/mol. The van der Waals surface area contributed by atoms with Gasteiger partial charge >= 0.3 is 0 Å². The van der Waals surface area contributed by atoms with E-state index in [4.69, 9.17) is 17.0 Å². The number of hydrogen-bond acceptors (Lipinski definition) is 5. The number of aryl methyl sites for hydroxylation is 1. The molecule has 2 aromatic heterocycles. The van der Waals surface area contributed by atoms with E-state index in [0.717, 1.165) is 22.6 Å². The van der Waals surface area contributed by atoms with Gasteiger partial charge in [0.05, 0.1) is 12.8 Å². The Labute approximate surface area is 185 Å². The third kappa shape index (κ3) is 3.62. The maximum atomic E-state index is 13.3. The van der Waals surface area contributed by atoms with Crippen molar-refractivity contribution in [3.63, 3.8) is 0 Å². The minimum Gasteiger partial charge on any atom is -0.495 e. The molecule has 3 aromatic rings. The summed E-state index contributed by atoms with van der Waals surface area (Å²) >= 11 is 5.28. The Kier molecular flexibility index (Phi) is 5.39. The van der Waals surface area contributed by atoms with Gasteiger partial charge in [-0.05, 0) is 68.0 Å². The summed E-state index contributed by atoms with van der Waals surface area (Å²) in [7, 11) is 1.51. The second-order valence-corrected chi connectivity index (χ2v) is 7.38. The molecule has 156 valence electrons. The maximum absolute atomic E-state index is 13.3. The number of nitrogens with zero attached hydrogens (tertiary/aromatic N) is 3. The Hall–Kier alpha value is -3.78. The van der Waals surface area contributed by atoms with Crippen LogP contribution in [0.5, 0.6) is 5.75 Å². The van der Waals surface area contributed by atoms with Crippen molar-refractivity contribution in [2.24, 2.45) is 0 Å². The number of ether oxygens (including phenoxy) is 1. The van der Waals surface area contributed by atoms with Gasteiger partial charge in [0, 0.05) is 29.5 Å². The lowest BCUT2D eigenvalue weighted by Gasteiger charge is -2.29. The Morgan fingerprint density at radius 2 is 1.81 bits per heavy atom. The Bertz CT molecular complexity index is 1230. The van der Waals surface area contributed by atoms with Crippen LogP contribution < -0.4 is 15.0 Å². The number of rotatable bonds is 4. The molecule has 1 aromatic carbocycles. The molecule has 0 aliphatic carbocycles. The fraction of sp³-hybridized carbons (Fsp3) is 0.130. The molecule has 0 atom stereocenters. The van der Waals surface area contributed by atoms with E-state index in [2.05, 4.69) is 10.3 Å². The highest BCUT2D eigenvalue weighted by atomic mass is 32.1. The molecular formula is C23H20N4O3S. The standard InChI is InChI=1S/C23H20N4O3S/c1-14-12-16(15(2)26(14)17-8-10-24-11-9-17)13-18-21(28)25-23(31)27(22(18)29)19-6-4-5-7-20(19)30-3/h4-13H,1-3H3,(H,25,28,31)/b18-13-. The first-order valence-electron chi connectivity index (χ1n) is 9.56. The lowest BCUT2D eigenvalue weighted by molar-refractivity contribution is -0.122. The van der Waals surface area contributed by atoms with Crippen molar-refractivity contribution in [3.8, 4) is 11.4 Å². The highest BCUT2D eigenvalue weighted by Gasteiger charge is 2.36. The fourth-order valence-electron chi connectivity index (χ4n) is 3.67. The molecule has 1 fully saturated rings. The fourth-order valence-corrected chi connectivity index (χ4v) is 3.94. The van der Waals surface area contributed by atoms with E-state index in [1.165, 1.54) is 12.0 Å². The van der Waals surface area contributed by atoms with Crippen LogP contribution in [0.1, 0.15) is 17.0 Å². The first-order chi connectivity index (χ1) is 14.9. The zero-order chi connectivity index (χ0) is 22.1. The summed E-state index contributed by atoms with van der Waals surface area (Å²) in [5.41, 5.74) is 4.04. The molecule has 0 saturated carbocycles. The summed E-state index contributed by atoms with van der Waals surface area (Å²) in [6.45, 7) is 3.90. The molecule has 3 heterocycles. The van der Waals surface area contributed by atoms with E-state index < -0.39 is 11.8 Å². The molecule has 2 amide bonds. The number of hydrogen-bond donors (Lipinski definition) is 1. The van der Waals surface area contributed by atoms with E-state index in [9.17, 15) is 9.59 Å². The number of benzene rings is 1. The van der Waals surface area contributed by atoms with E-state index >= 15 is 0 Å². The first kappa shape index (κ1) is 20.5. The zero-order valence-electron chi connectivity index (χ0n) is 17.2. The summed E-state index contributed by atoms with van der Waals surface area (Å²) in [5.74, 6) is -0.564. The van der Waals surface area contributed by atoms with Gasteiger partial charge in [-0.3, -0.25) is 19.9 Å². The summed E-state index contributed by atoms with van der Waals surface area (Å²) in [6.07, 6.45) is 5.04. The average Bonchev–Trinajstić information content (AvgIpc) is 3.04. The number of pyridine rings is 1. The number of para-hydroxylation sites is 2. The van der Waals surface area contributed by atoms with Gasteiger partial charge in [0.1, 0.15) is 11.3 Å². The maximum Gasteiger partial charge on any atom is 0.270 e. The summed E-state index contributed by atoms with van der Waals surface area (Å²) in [5, 5.41) is 2.62. The van der Waals surface area contributed by atoms with E-state index in [1.54, 1.807) is 42.7 Å². The average molecular weight is 433 g/mol. The van der Waals surface area contributed by atoms with Gasteiger partial charge in [0.25, 0.3) is 11.8 Å². The molecule has 0 bridgehead atoms. The van der Waals surface area contributed by atoms with Crippen LogP contribution in [0.2, 0.25) is 0 Å². The first-order valence-corrected chi connectivity index (χ1v) is 9.97. The largest absolute Gasteiger partial charge is 0.495 e. The smallest absolute Gasteiger partial charge is 0.270 e. The van der Waals surface area contributed by atoms with Crippen LogP contribution >= 0.6 is 12.2 Å². The van der Waals surface area contributed by atoms with E-state index in [-0.39, 0.29) is 10.7 Å². The Balaban J connectivity index is 1.78. The summed E-state index contributed by atoms with van der Waals surface area (Å²) in [4.78, 5) is 31.3. The van der Waals surface area contributed by atoms with Crippen molar-refractivity contribution in [1.82, 2.24) is 14.9 Å². The predicted octanol–water partition coefficient (Wildman–Crippen LogP) is 3.33. The summed E-state index contributed by atoms with van der Waals surface area (Å²) < 4.78 is 7.41. The van der Waals surface area contributed by atoms with Crippen molar-refractivity contribution < 1.29 is 14.3 Å². The van der Waals surface area contributed by atoms with Crippen LogP contribution in [-0.2, 0) is 9.59 Å². The lowest BCUT2D eigenvalue weighted by Crippen LogP contribution is -2.54. The Morgan fingerprint density at radius 3 is 2.52 bits per heavy atom. The molecule has 1 aliphatic heterocycles. The number of carbonyl (C=O) groups excluding carboxylic acids is 2. The minimum atomic E-state index is -0.533. The minimum absolute atomic E-state index is 0.00511. The zero-order valence-corrected chi connectivity index (χ0v) is 18.1. The number of carbonyl (C=O) groups is 2. The van der Waals surface area contributed by atoms with Crippen molar-refractivity contribution in [3.05, 3.63) is 77.4 Å². The molecule has 0 spiro atoms. The monoisotopic (exact) mass is 432 g/mol. The predicted molar refractivity (Wildman–Crippen MR) is 122 cm³/mol. The van der Waals surface area contributed by atoms with Gasteiger partial charge in [0.2, 0.25) is 0 Å². The van der Waals surface area contributed by atoms with Gasteiger partial charge in [-0.15, -0.1) is 0 Å². The second-order valence-electron chi connectivity index (χ2n) is 7.00. The van der Waals surface area contributed by atoms with Crippen LogP contribution in [-0.4, -0.2) is 33.6 Å².